The molecule has 1 amide bonds. The first-order valence-electron chi connectivity index (χ1n) is 7.04. The van der Waals surface area contributed by atoms with E-state index in [-0.39, 0.29) is 10.7 Å². The summed E-state index contributed by atoms with van der Waals surface area (Å²) in [7, 11) is 0. The molecule has 0 unspecified atom stereocenters. The topological polar surface area (TPSA) is 42.0 Å². The molecule has 0 saturated heterocycles. The number of halogens is 4. The summed E-state index contributed by atoms with van der Waals surface area (Å²) in [5, 5.41) is 2.72. The van der Waals surface area contributed by atoms with E-state index in [1.54, 1.807) is 6.20 Å². The Bertz CT molecular complexity index is 907. The fourth-order valence-electron chi connectivity index (χ4n) is 2.12. The second kappa shape index (κ2) is 6.64. The molecule has 0 saturated carbocycles. The second-order valence-electron chi connectivity index (χ2n) is 5.04. The molecule has 3 aromatic rings. The van der Waals surface area contributed by atoms with Crippen LogP contribution in [0.3, 0.4) is 0 Å². The zero-order valence-corrected chi connectivity index (χ0v) is 13.3. The number of amides is 1. The summed E-state index contributed by atoms with van der Waals surface area (Å²) in [6, 6.07) is 11.4. The average Bonchev–Trinajstić information content (AvgIpc) is 3.03. The van der Waals surface area contributed by atoms with Crippen LogP contribution in [-0.2, 0) is 6.18 Å². The minimum absolute atomic E-state index is 0.220. The summed E-state index contributed by atoms with van der Waals surface area (Å²) in [5.74, 6) is -2.23. The van der Waals surface area contributed by atoms with Gasteiger partial charge < -0.3 is 0 Å². The number of anilines is 1. The summed E-state index contributed by atoms with van der Waals surface area (Å²) in [5.41, 5.74) is -0.715. The summed E-state index contributed by atoms with van der Waals surface area (Å²) >= 11 is 1.20. The molecule has 0 spiro atoms. The van der Waals surface area contributed by atoms with Crippen LogP contribution in [0.4, 0.5) is 22.7 Å². The lowest BCUT2D eigenvalue weighted by Gasteiger charge is -2.09. The van der Waals surface area contributed by atoms with Crippen LogP contribution in [0.5, 0.6) is 0 Å². The third-order valence-electron chi connectivity index (χ3n) is 3.32. The quantitative estimate of drug-likeness (QED) is 0.646. The Kier molecular flexibility index (Phi) is 4.54. The molecule has 1 aromatic heterocycles. The van der Waals surface area contributed by atoms with Gasteiger partial charge in [-0.15, -0.1) is 0 Å². The molecule has 3 rings (SSSR count). The molecule has 8 heteroatoms. The Balaban J connectivity index is 1.77. The molecule has 25 heavy (non-hydrogen) atoms. The molecule has 128 valence electrons. The molecule has 0 radical (unpaired) electrons. The summed E-state index contributed by atoms with van der Waals surface area (Å²) in [4.78, 5) is 16.9. The third kappa shape index (κ3) is 3.85. The van der Waals surface area contributed by atoms with Gasteiger partial charge in [0.2, 0.25) is 0 Å². The standard InChI is InChI=1S/C17H10F4N2OS/c18-13-8-11(6-7-12(13)17(19,20)21)15(24)23-16-22-9-14(25-16)10-4-2-1-3-5-10/h1-9H,(H,22,23,24). The Morgan fingerprint density at radius 1 is 1.08 bits per heavy atom. The molecule has 0 aliphatic carbocycles. The van der Waals surface area contributed by atoms with E-state index >= 15 is 0 Å². The van der Waals surface area contributed by atoms with Crippen LogP contribution < -0.4 is 5.32 Å². The van der Waals surface area contributed by atoms with Gasteiger partial charge in [-0.25, -0.2) is 9.37 Å². The van der Waals surface area contributed by atoms with E-state index in [9.17, 15) is 22.4 Å². The molecule has 1 N–H and O–H groups in total. The monoisotopic (exact) mass is 366 g/mol. The lowest BCUT2D eigenvalue weighted by molar-refractivity contribution is -0.140. The van der Waals surface area contributed by atoms with Gasteiger partial charge in [0, 0.05) is 11.8 Å². The second-order valence-corrected chi connectivity index (χ2v) is 6.07. The van der Waals surface area contributed by atoms with Gasteiger partial charge in [-0.2, -0.15) is 13.2 Å². The number of carbonyl (C=O) groups excluding carboxylic acids is 1. The normalized spacial score (nSPS) is 11.4. The molecule has 2 aromatic carbocycles. The number of benzene rings is 2. The van der Waals surface area contributed by atoms with Crippen LogP contribution >= 0.6 is 11.3 Å². The van der Waals surface area contributed by atoms with Crippen molar-refractivity contribution in [2.24, 2.45) is 0 Å². The number of nitrogens with one attached hydrogen (secondary N) is 1. The van der Waals surface area contributed by atoms with Crippen molar-refractivity contribution < 1.29 is 22.4 Å². The van der Waals surface area contributed by atoms with Gasteiger partial charge in [0.25, 0.3) is 5.91 Å². The lowest BCUT2D eigenvalue weighted by Crippen LogP contribution is -2.14. The van der Waals surface area contributed by atoms with Crippen molar-refractivity contribution >= 4 is 22.4 Å². The molecule has 0 aliphatic rings. The maximum atomic E-state index is 13.6. The van der Waals surface area contributed by atoms with Gasteiger partial charge in [0.1, 0.15) is 5.82 Å². The van der Waals surface area contributed by atoms with Gasteiger partial charge in [-0.1, -0.05) is 41.7 Å². The first-order valence-corrected chi connectivity index (χ1v) is 7.85. The molecule has 1 heterocycles. The van der Waals surface area contributed by atoms with E-state index in [1.165, 1.54) is 11.3 Å². The number of hydrogen-bond donors (Lipinski definition) is 1. The smallest absolute Gasteiger partial charge is 0.298 e. The van der Waals surface area contributed by atoms with Gasteiger partial charge in [0.05, 0.1) is 10.4 Å². The van der Waals surface area contributed by atoms with Crippen molar-refractivity contribution in [3.63, 3.8) is 0 Å². The number of hydrogen-bond acceptors (Lipinski definition) is 3. The lowest BCUT2D eigenvalue weighted by atomic mass is 10.1. The van der Waals surface area contributed by atoms with Crippen molar-refractivity contribution in [2.45, 2.75) is 6.18 Å². The first kappa shape index (κ1) is 17.1. The van der Waals surface area contributed by atoms with E-state index < -0.39 is 23.5 Å². The van der Waals surface area contributed by atoms with Crippen LogP contribution in [0, 0.1) is 5.82 Å². The highest BCUT2D eigenvalue weighted by atomic mass is 32.1. The average molecular weight is 366 g/mol. The molecule has 0 atom stereocenters. The molecule has 0 aliphatic heterocycles. The number of thiazole rings is 1. The van der Waals surface area contributed by atoms with Gasteiger partial charge in [-0.05, 0) is 23.8 Å². The Hall–Kier alpha value is -2.74. The molecule has 3 nitrogen and oxygen atoms in total. The van der Waals surface area contributed by atoms with Crippen molar-refractivity contribution in [3.05, 3.63) is 71.7 Å². The van der Waals surface area contributed by atoms with E-state index in [0.29, 0.717) is 12.1 Å². The van der Waals surface area contributed by atoms with Crippen LogP contribution in [0.2, 0.25) is 0 Å². The molecule has 0 bridgehead atoms. The SMILES string of the molecule is O=C(Nc1ncc(-c2ccccc2)s1)c1ccc(C(F)(F)F)c(F)c1. The molecule has 0 fully saturated rings. The number of carbonyl (C=O) groups is 1. The van der Waals surface area contributed by atoms with Crippen LogP contribution in [0.1, 0.15) is 15.9 Å². The zero-order valence-electron chi connectivity index (χ0n) is 12.5. The number of aromatic nitrogens is 1. The van der Waals surface area contributed by atoms with E-state index in [2.05, 4.69) is 10.3 Å². The zero-order chi connectivity index (χ0) is 18.0. The number of nitrogens with zero attached hydrogens (tertiary/aromatic N) is 1. The van der Waals surface area contributed by atoms with Crippen molar-refractivity contribution in [1.82, 2.24) is 4.98 Å². The van der Waals surface area contributed by atoms with Gasteiger partial charge in [-0.3, -0.25) is 10.1 Å². The summed E-state index contributed by atoms with van der Waals surface area (Å²) in [6.45, 7) is 0. The predicted molar refractivity (Wildman–Crippen MR) is 86.9 cm³/mol. The highest BCUT2D eigenvalue weighted by Crippen LogP contribution is 2.32. The number of rotatable bonds is 3. The minimum Gasteiger partial charge on any atom is -0.298 e. The van der Waals surface area contributed by atoms with Crippen LogP contribution in [0.15, 0.2) is 54.7 Å². The largest absolute Gasteiger partial charge is 0.419 e. The fraction of sp³-hybridized carbons (Fsp3) is 0.0588. The highest BCUT2D eigenvalue weighted by molar-refractivity contribution is 7.19. The predicted octanol–water partition coefficient (Wildman–Crippen LogP) is 5.22. The highest BCUT2D eigenvalue weighted by Gasteiger charge is 2.34. The Morgan fingerprint density at radius 3 is 2.44 bits per heavy atom. The summed E-state index contributed by atoms with van der Waals surface area (Å²) in [6.07, 6.45) is -3.23. The van der Waals surface area contributed by atoms with E-state index in [1.807, 2.05) is 30.3 Å². The van der Waals surface area contributed by atoms with E-state index in [0.717, 1.165) is 16.5 Å². The molecular weight excluding hydrogens is 356 g/mol. The maximum absolute atomic E-state index is 13.6. The Morgan fingerprint density at radius 2 is 1.80 bits per heavy atom. The first-order chi connectivity index (χ1) is 11.8. The van der Waals surface area contributed by atoms with Crippen molar-refractivity contribution in [2.75, 3.05) is 5.32 Å². The van der Waals surface area contributed by atoms with Crippen LogP contribution in [0.25, 0.3) is 10.4 Å². The third-order valence-corrected chi connectivity index (χ3v) is 4.28. The van der Waals surface area contributed by atoms with Crippen molar-refractivity contribution in [3.8, 4) is 10.4 Å². The van der Waals surface area contributed by atoms with Crippen molar-refractivity contribution in [1.29, 1.82) is 0 Å². The van der Waals surface area contributed by atoms with Crippen LogP contribution in [-0.4, -0.2) is 10.9 Å². The fourth-order valence-corrected chi connectivity index (χ4v) is 2.94. The Labute approximate surface area is 144 Å². The molecular formula is C17H10F4N2OS. The van der Waals surface area contributed by atoms with Gasteiger partial charge in [0.15, 0.2) is 5.13 Å². The van der Waals surface area contributed by atoms with Gasteiger partial charge >= 0.3 is 6.18 Å². The van der Waals surface area contributed by atoms with E-state index in [4.69, 9.17) is 0 Å². The maximum Gasteiger partial charge on any atom is 0.419 e. The number of alkyl halides is 3. The summed E-state index contributed by atoms with van der Waals surface area (Å²) < 4.78 is 51.2. The minimum atomic E-state index is -4.81.